The summed E-state index contributed by atoms with van der Waals surface area (Å²) >= 11 is 0. The van der Waals surface area contributed by atoms with Gasteiger partial charge >= 0.3 is 6.03 Å². The van der Waals surface area contributed by atoms with Crippen molar-refractivity contribution >= 4 is 11.7 Å². The number of amides is 2. The Morgan fingerprint density at radius 1 is 1.05 bits per heavy atom. The molecular formula is C18H27N3O. The highest BCUT2D eigenvalue weighted by Gasteiger charge is 2.30. The van der Waals surface area contributed by atoms with Crippen molar-refractivity contribution < 1.29 is 4.79 Å². The van der Waals surface area contributed by atoms with E-state index < -0.39 is 0 Å². The maximum Gasteiger partial charge on any atom is 0.320 e. The van der Waals surface area contributed by atoms with Crippen LogP contribution in [0.5, 0.6) is 0 Å². The molecule has 3 rings (SSSR count). The van der Waals surface area contributed by atoms with Gasteiger partial charge in [-0.05, 0) is 37.8 Å². The lowest BCUT2D eigenvalue weighted by atomic mass is 10.0. The van der Waals surface area contributed by atoms with Crippen molar-refractivity contribution in [3.05, 3.63) is 30.3 Å². The van der Waals surface area contributed by atoms with E-state index in [4.69, 9.17) is 0 Å². The second kappa shape index (κ2) is 7.03. The molecule has 0 aromatic heterocycles. The fraction of sp³-hybridized carbons (Fsp3) is 0.611. The van der Waals surface area contributed by atoms with Gasteiger partial charge in [-0.1, -0.05) is 25.1 Å². The second-order valence-electron chi connectivity index (χ2n) is 6.34. The third-order valence-corrected chi connectivity index (χ3v) is 5.02. The largest absolute Gasteiger partial charge is 0.368 e. The van der Waals surface area contributed by atoms with Gasteiger partial charge < -0.3 is 14.7 Å². The Hall–Kier alpha value is -1.71. The number of hydrogen-bond donors (Lipinski definition) is 0. The highest BCUT2D eigenvalue weighted by molar-refractivity contribution is 5.75. The fourth-order valence-corrected chi connectivity index (χ4v) is 3.65. The van der Waals surface area contributed by atoms with Crippen molar-refractivity contribution in [3.8, 4) is 0 Å². The van der Waals surface area contributed by atoms with Crippen molar-refractivity contribution in [2.24, 2.45) is 0 Å². The number of piperazine rings is 1. The SMILES string of the molecule is CCC1CCCCN1C(=O)N1CCN(c2ccccc2)CC1. The van der Waals surface area contributed by atoms with Crippen LogP contribution >= 0.6 is 0 Å². The molecule has 2 saturated heterocycles. The molecule has 0 spiro atoms. The zero-order valence-electron chi connectivity index (χ0n) is 13.6. The van der Waals surface area contributed by atoms with E-state index in [1.807, 2.05) is 11.0 Å². The molecule has 2 aliphatic heterocycles. The van der Waals surface area contributed by atoms with E-state index in [0.29, 0.717) is 6.04 Å². The first-order valence-corrected chi connectivity index (χ1v) is 8.65. The Balaban J connectivity index is 1.57. The van der Waals surface area contributed by atoms with E-state index in [1.165, 1.54) is 18.5 Å². The van der Waals surface area contributed by atoms with Crippen molar-refractivity contribution in [1.29, 1.82) is 0 Å². The summed E-state index contributed by atoms with van der Waals surface area (Å²) in [7, 11) is 0. The number of urea groups is 1. The Bertz CT molecular complexity index is 482. The molecule has 1 unspecified atom stereocenters. The number of carbonyl (C=O) groups excluding carboxylic acids is 1. The number of nitrogens with zero attached hydrogens (tertiary/aromatic N) is 3. The molecule has 0 saturated carbocycles. The van der Waals surface area contributed by atoms with E-state index in [-0.39, 0.29) is 6.03 Å². The van der Waals surface area contributed by atoms with Crippen molar-refractivity contribution in [1.82, 2.24) is 9.80 Å². The molecule has 0 N–H and O–H groups in total. The third-order valence-electron chi connectivity index (χ3n) is 5.02. The maximum atomic E-state index is 12.8. The van der Waals surface area contributed by atoms with E-state index in [2.05, 4.69) is 41.0 Å². The number of hydrogen-bond acceptors (Lipinski definition) is 2. The molecule has 2 amide bonds. The summed E-state index contributed by atoms with van der Waals surface area (Å²) in [4.78, 5) is 19.3. The van der Waals surface area contributed by atoms with Crippen LogP contribution in [0, 0.1) is 0 Å². The number of carbonyl (C=O) groups is 1. The highest BCUT2D eigenvalue weighted by atomic mass is 16.2. The van der Waals surface area contributed by atoms with Gasteiger partial charge in [0.15, 0.2) is 0 Å². The van der Waals surface area contributed by atoms with Crippen LogP contribution in [0.2, 0.25) is 0 Å². The molecule has 4 heteroatoms. The second-order valence-corrected chi connectivity index (χ2v) is 6.34. The zero-order valence-corrected chi connectivity index (χ0v) is 13.6. The summed E-state index contributed by atoms with van der Waals surface area (Å²) in [5, 5.41) is 0. The summed E-state index contributed by atoms with van der Waals surface area (Å²) in [6, 6.07) is 11.2. The van der Waals surface area contributed by atoms with Crippen molar-refractivity contribution in [3.63, 3.8) is 0 Å². The summed E-state index contributed by atoms with van der Waals surface area (Å²) in [5.74, 6) is 0. The number of anilines is 1. The molecule has 4 nitrogen and oxygen atoms in total. The fourth-order valence-electron chi connectivity index (χ4n) is 3.65. The lowest BCUT2D eigenvalue weighted by Gasteiger charge is -2.42. The molecule has 1 aromatic carbocycles. The molecule has 120 valence electrons. The monoisotopic (exact) mass is 301 g/mol. The smallest absolute Gasteiger partial charge is 0.320 e. The van der Waals surface area contributed by atoms with E-state index in [9.17, 15) is 4.79 Å². The molecule has 1 atom stereocenters. The number of benzene rings is 1. The first-order valence-electron chi connectivity index (χ1n) is 8.65. The lowest BCUT2D eigenvalue weighted by Crippen LogP contribution is -2.55. The van der Waals surface area contributed by atoms with Gasteiger partial charge in [-0.25, -0.2) is 4.79 Å². The van der Waals surface area contributed by atoms with Gasteiger partial charge in [0.05, 0.1) is 0 Å². The van der Waals surface area contributed by atoms with Crippen LogP contribution in [0.4, 0.5) is 10.5 Å². The van der Waals surface area contributed by atoms with Crippen molar-refractivity contribution in [2.45, 2.75) is 38.6 Å². The maximum absolute atomic E-state index is 12.8. The molecule has 0 radical (unpaired) electrons. The number of piperidine rings is 1. The van der Waals surface area contributed by atoms with E-state index in [0.717, 1.165) is 45.6 Å². The van der Waals surface area contributed by atoms with Crippen LogP contribution in [0.1, 0.15) is 32.6 Å². The number of rotatable bonds is 2. The molecule has 0 aliphatic carbocycles. The predicted octanol–water partition coefficient (Wildman–Crippen LogP) is 3.19. The molecule has 1 aromatic rings. The average molecular weight is 301 g/mol. The topological polar surface area (TPSA) is 26.8 Å². The first kappa shape index (κ1) is 15.2. The summed E-state index contributed by atoms with van der Waals surface area (Å²) in [5.41, 5.74) is 1.26. The Morgan fingerprint density at radius 2 is 1.77 bits per heavy atom. The molecule has 2 heterocycles. The van der Waals surface area contributed by atoms with Crippen LogP contribution in [-0.2, 0) is 0 Å². The first-order chi connectivity index (χ1) is 10.8. The van der Waals surface area contributed by atoms with Gasteiger partial charge in [0.2, 0.25) is 0 Å². The minimum absolute atomic E-state index is 0.263. The average Bonchev–Trinajstić information content (AvgIpc) is 2.62. The van der Waals surface area contributed by atoms with Gasteiger partial charge in [-0.2, -0.15) is 0 Å². The summed E-state index contributed by atoms with van der Waals surface area (Å²) in [6.45, 7) is 6.67. The van der Waals surface area contributed by atoms with Crippen LogP contribution in [0.25, 0.3) is 0 Å². The number of likely N-dealkylation sites (tertiary alicyclic amines) is 1. The van der Waals surface area contributed by atoms with Crippen LogP contribution < -0.4 is 4.90 Å². The zero-order chi connectivity index (χ0) is 15.4. The minimum Gasteiger partial charge on any atom is -0.368 e. The number of para-hydroxylation sites is 1. The normalized spacial score (nSPS) is 22.8. The minimum atomic E-state index is 0.263. The Kier molecular flexibility index (Phi) is 4.86. The van der Waals surface area contributed by atoms with Gasteiger partial charge in [0.25, 0.3) is 0 Å². The highest BCUT2D eigenvalue weighted by Crippen LogP contribution is 2.22. The summed E-state index contributed by atoms with van der Waals surface area (Å²) in [6.07, 6.45) is 4.68. The van der Waals surface area contributed by atoms with Crippen LogP contribution in [0.3, 0.4) is 0 Å². The Morgan fingerprint density at radius 3 is 2.45 bits per heavy atom. The molecule has 0 bridgehead atoms. The quantitative estimate of drug-likeness (QED) is 0.839. The van der Waals surface area contributed by atoms with E-state index >= 15 is 0 Å². The molecule has 2 aliphatic rings. The third kappa shape index (κ3) is 3.21. The molecule has 2 fully saturated rings. The standard InChI is InChI=1S/C18H27N3O/c1-2-16-8-6-7-11-21(16)18(22)20-14-12-19(13-15-20)17-9-4-3-5-10-17/h3-5,9-10,16H,2,6-8,11-15H2,1H3. The molecular weight excluding hydrogens is 274 g/mol. The van der Waals surface area contributed by atoms with Gasteiger partial charge in [-0.3, -0.25) is 0 Å². The Labute approximate surface area is 133 Å². The van der Waals surface area contributed by atoms with Gasteiger partial charge in [0, 0.05) is 44.5 Å². The summed E-state index contributed by atoms with van der Waals surface area (Å²) < 4.78 is 0. The lowest BCUT2D eigenvalue weighted by molar-refractivity contribution is 0.111. The predicted molar refractivity (Wildman–Crippen MR) is 90.3 cm³/mol. The van der Waals surface area contributed by atoms with Gasteiger partial charge in [0.1, 0.15) is 0 Å². The van der Waals surface area contributed by atoms with E-state index in [1.54, 1.807) is 0 Å². The van der Waals surface area contributed by atoms with Crippen molar-refractivity contribution in [2.75, 3.05) is 37.6 Å². The van der Waals surface area contributed by atoms with Gasteiger partial charge in [-0.15, -0.1) is 0 Å². The molecule has 22 heavy (non-hydrogen) atoms. The van der Waals surface area contributed by atoms with Crippen LogP contribution in [-0.4, -0.2) is 54.6 Å². The van der Waals surface area contributed by atoms with Crippen LogP contribution in [0.15, 0.2) is 30.3 Å².